The van der Waals surface area contributed by atoms with Gasteiger partial charge in [-0.15, -0.1) is 0 Å². The molecule has 0 radical (unpaired) electrons. The highest BCUT2D eigenvalue weighted by atomic mass is 35.5. The lowest BCUT2D eigenvalue weighted by Gasteiger charge is -2.03. The van der Waals surface area contributed by atoms with Crippen LogP contribution in [0.15, 0.2) is 24.3 Å². The molecule has 5 heteroatoms. The number of benzene rings is 1. The Morgan fingerprint density at radius 3 is 2.60 bits per heavy atom. The van der Waals surface area contributed by atoms with Gasteiger partial charge in [-0.05, 0) is 49.9 Å². The van der Waals surface area contributed by atoms with Crippen molar-refractivity contribution in [1.29, 1.82) is 0 Å². The molecule has 20 heavy (non-hydrogen) atoms. The third-order valence-electron chi connectivity index (χ3n) is 3.67. The van der Waals surface area contributed by atoms with Crippen molar-refractivity contribution in [2.45, 2.75) is 32.1 Å². The van der Waals surface area contributed by atoms with Gasteiger partial charge in [0.05, 0.1) is 11.4 Å². The summed E-state index contributed by atoms with van der Waals surface area (Å²) in [5.74, 6) is -0.184. The van der Waals surface area contributed by atoms with Crippen LogP contribution >= 0.6 is 11.6 Å². The van der Waals surface area contributed by atoms with Gasteiger partial charge in [-0.3, -0.25) is 4.79 Å². The Kier molecular flexibility index (Phi) is 3.49. The van der Waals surface area contributed by atoms with Crippen molar-refractivity contribution in [2.24, 2.45) is 0 Å². The van der Waals surface area contributed by atoms with Crippen molar-refractivity contribution in [1.82, 2.24) is 9.71 Å². The summed E-state index contributed by atoms with van der Waals surface area (Å²) < 4.78 is 0.970. The number of ketones is 1. The second kappa shape index (κ2) is 5.29. The summed E-state index contributed by atoms with van der Waals surface area (Å²) in [4.78, 5) is 16.7. The molecule has 1 aliphatic carbocycles. The fraction of sp³-hybridized carbons (Fsp3) is 0.333. The van der Waals surface area contributed by atoms with Crippen molar-refractivity contribution in [3.05, 3.63) is 52.1 Å². The van der Waals surface area contributed by atoms with Crippen LogP contribution in [-0.4, -0.2) is 20.7 Å². The van der Waals surface area contributed by atoms with Crippen molar-refractivity contribution in [3.8, 4) is 0 Å². The number of imidazole rings is 1. The van der Waals surface area contributed by atoms with Crippen molar-refractivity contribution in [2.75, 3.05) is 0 Å². The molecule has 2 aromatic rings. The van der Waals surface area contributed by atoms with Crippen molar-refractivity contribution >= 4 is 17.4 Å². The van der Waals surface area contributed by atoms with E-state index in [0.717, 1.165) is 48.2 Å². The van der Waals surface area contributed by atoms with Crippen LogP contribution in [0.2, 0.25) is 5.02 Å². The molecule has 0 saturated carbocycles. The first-order chi connectivity index (χ1) is 9.66. The second-order valence-corrected chi connectivity index (χ2v) is 5.47. The topological polar surface area (TPSA) is 55.1 Å². The standard InChI is InChI=1S/C15H15ClN2O2/c16-11-8-6-10(7-9-11)14(19)15-17-12-4-2-1-3-5-13(12)18(15)20/h6-9,20H,1-5H2. The van der Waals surface area contributed by atoms with Gasteiger partial charge in [-0.1, -0.05) is 18.0 Å². The number of aryl methyl sites for hydroxylation is 1. The molecule has 1 heterocycles. The fourth-order valence-electron chi connectivity index (χ4n) is 2.58. The Morgan fingerprint density at radius 2 is 1.85 bits per heavy atom. The summed E-state index contributed by atoms with van der Waals surface area (Å²) >= 11 is 5.81. The van der Waals surface area contributed by atoms with Crippen LogP contribution in [-0.2, 0) is 12.8 Å². The number of fused-ring (bicyclic) bond motifs is 1. The molecule has 1 N–H and O–H groups in total. The average Bonchev–Trinajstić information content (AvgIpc) is 2.64. The molecule has 3 rings (SSSR count). The van der Waals surface area contributed by atoms with Crippen LogP contribution in [0.3, 0.4) is 0 Å². The lowest BCUT2D eigenvalue weighted by atomic mass is 10.1. The molecule has 0 atom stereocenters. The number of hydrogen-bond donors (Lipinski definition) is 1. The predicted molar refractivity (Wildman–Crippen MR) is 75.6 cm³/mol. The Labute approximate surface area is 122 Å². The van der Waals surface area contributed by atoms with Gasteiger partial charge in [-0.2, -0.15) is 4.73 Å². The minimum atomic E-state index is -0.280. The van der Waals surface area contributed by atoms with E-state index in [1.54, 1.807) is 24.3 Å². The van der Waals surface area contributed by atoms with Crippen LogP contribution in [0.25, 0.3) is 0 Å². The zero-order valence-corrected chi connectivity index (χ0v) is 11.7. The number of carbonyl (C=O) groups is 1. The third-order valence-corrected chi connectivity index (χ3v) is 3.92. The summed E-state index contributed by atoms with van der Waals surface area (Å²) in [6.07, 6.45) is 4.81. The maximum Gasteiger partial charge on any atom is 0.231 e. The van der Waals surface area contributed by atoms with Gasteiger partial charge in [-0.25, -0.2) is 4.98 Å². The molecule has 0 amide bonds. The Balaban J connectivity index is 1.98. The van der Waals surface area contributed by atoms with E-state index in [9.17, 15) is 10.0 Å². The number of aromatic nitrogens is 2. The van der Waals surface area contributed by atoms with E-state index in [4.69, 9.17) is 11.6 Å². The van der Waals surface area contributed by atoms with Crippen LogP contribution < -0.4 is 0 Å². The lowest BCUT2D eigenvalue weighted by molar-refractivity contribution is 0.0970. The molecule has 104 valence electrons. The van der Waals surface area contributed by atoms with Crippen LogP contribution in [0.1, 0.15) is 46.8 Å². The largest absolute Gasteiger partial charge is 0.426 e. The van der Waals surface area contributed by atoms with E-state index >= 15 is 0 Å². The van der Waals surface area contributed by atoms with E-state index < -0.39 is 0 Å². The highest BCUT2D eigenvalue weighted by Gasteiger charge is 2.23. The zero-order valence-electron chi connectivity index (χ0n) is 11.0. The maximum absolute atomic E-state index is 12.4. The number of halogens is 1. The van der Waals surface area contributed by atoms with Gasteiger partial charge < -0.3 is 5.21 Å². The van der Waals surface area contributed by atoms with E-state index in [1.165, 1.54) is 0 Å². The number of nitrogens with zero attached hydrogens (tertiary/aromatic N) is 2. The second-order valence-electron chi connectivity index (χ2n) is 5.04. The van der Waals surface area contributed by atoms with Gasteiger partial charge in [0.2, 0.25) is 11.6 Å². The van der Waals surface area contributed by atoms with Gasteiger partial charge >= 0.3 is 0 Å². The summed E-state index contributed by atoms with van der Waals surface area (Å²) in [6.45, 7) is 0. The average molecular weight is 291 g/mol. The van der Waals surface area contributed by atoms with Gasteiger partial charge in [0, 0.05) is 10.6 Å². The smallest absolute Gasteiger partial charge is 0.231 e. The highest BCUT2D eigenvalue weighted by molar-refractivity contribution is 6.30. The monoisotopic (exact) mass is 290 g/mol. The maximum atomic E-state index is 12.4. The molecule has 0 aliphatic heterocycles. The number of hydrogen-bond acceptors (Lipinski definition) is 3. The molecule has 0 fully saturated rings. The Hall–Kier alpha value is -1.81. The normalized spacial score (nSPS) is 14.7. The minimum absolute atomic E-state index is 0.0965. The van der Waals surface area contributed by atoms with Crippen LogP contribution in [0, 0.1) is 0 Å². The van der Waals surface area contributed by atoms with Crippen molar-refractivity contribution < 1.29 is 10.0 Å². The number of carbonyl (C=O) groups excluding carboxylic acids is 1. The SMILES string of the molecule is O=C(c1ccc(Cl)cc1)c1nc2c(n1O)CCCCC2. The van der Waals surface area contributed by atoms with Gasteiger partial charge in [0.1, 0.15) is 0 Å². The highest BCUT2D eigenvalue weighted by Crippen LogP contribution is 2.22. The van der Waals surface area contributed by atoms with E-state index in [1.807, 2.05) is 0 Å². The summed E-state index contributed by atoms with van der Waals surface area (Å²) in [6, 6.07) is 6.60. The lowest BCUT2D eigenvalue weighted by Crippen LogP contribution is -2.11. The van der Waals surface area contributed by atoms with Crippen LogP contribution in [0.4, 0.5) is 0 Å². The molecule has 0 spiro atoms. The van der Waals surface area contributed by atoms with Crippen molar-refractivity contribution in [3.63, 3.8) is 0 Å². The number of rotatable bonds is 2. The summed E-state index contributed by atoms with van der Waals surface area (Å²) in [5.41, 5.74) is 2.10. The van der Waals surface area contributed by atoms with Gasteiger partial charge in [0.25, 0.3) is 0 Å². The first-order valence-corrected chi connectivity index (χ1v) is 7.14. The Bertz CT molecular complexity index is 647. The molecule has 0 bridgehead atoms. The fourth-order valence-corrected chi connectivity index (χ4v) is 2.71. The minimum Gasteiger partial charge on any atom is -0.426 e. The molecular weight excluding hydrogens is 276 g/mol. The molecule has 1 aliphatic rings. The molecular formula is C15H15ClN2O2. The van der Waals surface area contributed by atoms with E-state index in [-0.39, 0.29) is 11.6 Å². The van der Waals surface area contributed by atoms with Gasteiger partial charge in [0.15, 0.2) is 0 Å². The third kappa shape index (κ3) is 2.31. The molecule has 1 aromatic heterocycles. The summed E-state index contributed by atoms with van der Waals surface area (Å²) in [7, 11) is 0. The summed E-state index contributed by atoms with van der Waals surface area (Å²) in [5, 5.41) is 10.8. The zero-order chi connectivity index (χ0) is 14.1. The van der Waals surface area contributed by atoms with E-state index in [2.05, 4.69) is 4.98 Å². The first-order valence-electron chi connectivity index (χ1n) is 6.77. The molecule has 0 saturated heterocycles. The molecule has 0 unspecified atom stereocenters. The Morgan fingerprint density at radius 1 is 1.15 bits per heavy atom. The first kappa shape index (κ1) is 13.2. The quantitative estimate of drug-likeness (QED) is 0.525. The molecule has 1 aromatic carbocycles. The predicted octanol–water partition coefficient (Wildman–Crippen LogP) is 3.27. The molecule has 4 nitrogen and oxygen atoms in total. The van der Waals surface area contributed by atoms with Crippen LogP contribution in [0.5, 0.6) is 0 Å². The van der Waals surface area contributed by atoms with E-state index in [0.29, 0.717) is 10.6 Å².